The molecule has 0 bridgehead atoms. The van der Waals surface area contributed by atoms with Crippen molar-refractivity contribution in [3.05, 3.63) is 59.4 Å². The number of aromatic nitrogens is 1. The number of hydrogen-bond donors (Lipinski definition) is 2. The lowest BCUT2D eigenvalue weighted by atomic mass is 10.2. The van der Waals surface area contributed by atoms with E-state index >= 15 is 0 Å². The van der Waals surface area contributed by atoms with Gasteiger partial charge in [0.2, 0.25) is 5.91 Å². The Labute approximate surface area is 128 Å². The molecule has 112 valence electrons. The normalized spacial score (nSPS) is 10.5. The second kappa shape index (κ2) is 7.12. The molecule has 0 aliphatic carbocycles. The fourth-order valence-electron chi connectivity index (χ4n) is 1.77. The summed E-state index contributed by atoms with van der Waals surface area (Å²) in [7, 11) is 0. The van der Waals surface area contributed by atoms with Gasteiger partial charge in [-0.3, -0.25) is 14.6 Å². The monoisotopic (exact) mass is 296 g/mol. The highest BCUT2D eigenvalue weighted by Crippen LogP contribution is 2.08. The van der Waals surface area contributed by atoms with Gasteiger partial charge in [-0.1, -0.05) is 12.1 Å². The summed E-state index contributed by atoms with van der Waals surface area (Å²) in [6.07, 6.45) is 3.11. The van der Waals surface area contributed by atoms with Crippen LogP contribution in [0.15, 0.2) is 47.7 Å². The Balaban J connectivity index is 1.94. The van der Waals surface area contributed by atoms with Crippen molar-refractivity contribution >= 4 is 23.7 Å². The zero-order chi connectivity index (χ0) is 15.9. The second-order valence-electron chi connectivity index (χ2n) is 4.69. The first-order valence-corrected chi connectivity index (χ1v) is 6.68. The standard InChI is InChI=1S/C16H16N4O2/c1-11-9-14(7-8-17-11)16(22)20-18-10-13-3-5-15(6-4-13)19-12(2)21/h3-10H,1-2H3,(H,19,21)(H,20,22)/b18-10-. The van der Waals surface area contributed by atoms with Gasteiger partial charge in [-0.05, 0) is 36.8 Å². The molecule has 0 fully saturated rings. The van der Waals surface area contributed by atoms with Crippen LogP contribution in [0.1, 0.15) is 28.5 Å². The third-order valence-electron chi connectivity index (χ3n) is 2.77. The van der Waals surface area contributed by atoms with Gasteiger partial charge in [0.1, 0.15) is 0 Å². The Bertz CT molecular complexity index is 708. The van der Waals surface area contributed by atoms with E-state index in [2.05, 4.69) is 20.8 Å². The number of pyridine rings is 1. The number of benzene rings is 1. The Kier molecular flexibility index (Phi) is 4.98. The number of hydrogen-bond acceptors (Lipinski definition) is 4. The second-order valence-corrected chi connectivity index (χ2v) is 4.69. The highest BCUT2D eigenvalue weighted by Gasteiger charge is 2.03. The Hall–Kier alpha value is -3.02. The van der Waals surface area contributed by atoms with Crippen molar-refractivity contribution in [1.29, 1.82) is 0 Å². The number of amides is 2. The quantitative estimate of drug-likeness (QED) is 0.669. The fraction of sp³-hybridized carbons (Fsp3) is 0.125. The molecule has 2 aromatic rings. The molecule has 2 rings (SSSR count). The lowest BCUT2D eigenvalue weighted by molar-refractivity contribution is -0.114. The summed E-state index contributed by atoms with van der Waals surface area (Å²) in [5.74, 6) is -0.419. The van der Waals surface area contributed by atoms with Crippen LogP contribution in [0, 0.1) is 6.92 Å². The number of nitrogens with one attached hydrogen (secondary N) is 2. The molecule has 0 unspecified atom stereocenters. The molecule has 1 heterocycles. The number of carbonyl (C=O) groups excluding carboxylic acids is 2. The lowest BCUT2D eigenvalue weighted by Crippen LogP contribution is -2.17. The molecular weight excluding hydrogens is 280 g/mol. The van der Waals surface area contributed by atoms with Crippen LogP contribution >= 0.6 is 0 Å². The maximum atomic E-state index is 11.9. The predicted octanol–water partition coefficient (Wildman–Crippen LogP) is 2.11. The number of carbonyl (C=O) groups is 2. The fourth-order valence-corrected chi connectivity index (χ4v) is 1.77. The van der Waals surface area contributed by atoms with Gasteiger partial charge in [0.25, 0.3) is 5.91 Å². The van der Waals surface area contributed by atoms with Crippen LogP contribution < -0.4 is 10.7 Å². The molecule has 2 N–H and O–H groups in total. The molecule has 0 saturated heterocycles. The van der Waals surface area contributed by atoms with Crippen molar-refractivity contribution in [2.24, 2.45) is 5.10 Å². The van der Waals surface area contributed by atoms with Crippen LogP contribution in [0.5, 0.6) is 0 Å². The van der Waals surface area contributed by atoms with Crippen LogP contribution in [0.4, 0.5) is 5.69 Å². The summed E-state index contributed by atoms with van der Waals surface area (Å²) in [5.41, 5.74) is 5.24. The van der Waals surface area contributed by atoms with Gasteiger partial charge in [-0.15, -0.1) is 0 Å². The van der Waals surface area contributed by atoms with Crippen LogP contribution in [-0.2, 0) is 4.79 Å². The number of aryl methyl sites for hydroxylation is 1. The summed E-state index contributed by atoms with van der Waals surface area (Å²) in [6, 6.07) is 10.4. The number of nitrogens with zero attached hydrogens (tertiary/aromatic N) is 2. The van der Waals surface area contributed by atoms with Gasteiger partial charge in [-0.25, -0.2) is 5.43 Å². The molecule has 0 spiro atoms. The summed E-state index contributed by atoms with van der Waals surface area (Å²) < 4.78 is 0. The summed E-state index contributed by atoms with van der Waals surface area (Å²) in [6.45, 7) is 3.27. The minimum atomic E-state index is -0.295. The lowest BCUT2D eigenvalue weighted by Gasteiger charge is -2.02. The minimum Gasteiger partial charge on any atom is -0.326 e. The highest BCUT2D eigenvalue weighted by atomic mass is 16.2. The molecule has 1 aromatic heterocycles. The predicted molar refractivity (Wildman–Crippen MR) is 84.8 cm³/mol. The van der Waals surface area contributed by atoms with E-state index in [9.17, 15) is 9.59 Å². The highest BCUT2D eigenvalue weighted by molar-refractivity contribution is 5.95. The Morgan fingerprint density at radius 2 is 1.91 bits per heavy atom. The molecule has 0 atom stereocenters. The van der Waals surface area contributed by atoms with E-state index in [4.69, 9.17) is 0 Å². The third kappa shape index (κ3) is 4.52. The van der Waals surface area contributed by atoms with Gasteiger partial charge in [0, 0.05) is 30.1 Å². The van der Waals surface area contributed by atoms with Crippen LogP contribution in [0.2, 0.25) is 0 Å². The van der Waals surface area contributed by atoms with Crippen molar-refractivity contribution < 1.29 is 9.59 Å². The number of hydrazone groups is 1. The van der Waals surface area contributed by atoms with E-state index in [-0.39, 0.29) is 11.8 Å². The van der Waals surface area contributed by atoms with Crippen molar-refractivity contribution in [3.63, 3.8) is 0 Å². The molecule has 2 amide bonds. The first kappa shape index (κ1) is 15.4. The smallest absolute Gasteiger partial charge is 0.271 e. The van der Waals surface area contributed by atoms with Crippen molar-refractivity contribution in [2.45, 2.75) is 13.8 Å². The largest absolute Gasteiger partial charge is 0.326 e. The molecule has 22 heavy (non-hydrogen) atoms. The van der Waals surface area contributed by atoms with Crippen molar-refractivity contribution in [2.75, 3.05) is 5.32 Å². The molecule has 6 nitrogen and oxygen atoms in total. The van der Waals surface area contributed by atoms with E-state index in [1.807, 2.05) is 6.92 Å². The summed E-state index contributed by atoms with van der Waals surface area (Å²) >= 11 is 0. The molecule has 0 saturated carbocycles. The molecular formula is C16H16N4O2. The van der Waals surface area contributed by atoms with Gasteiger partial charge in [0.15, 0.2) is 0 Å². The van der Waals surface area contributed by atoms with E-state index in [1.54, 1.807) is 42.6 Å². The third-order valence-corrected chi connectivity index (χ3v) is 2.77. The van der Waals surface area contributed by atoms with Crippen LogP contribution in [0.3, 0.4) is 0 Å². The van der Waals surface area contributed by atoms with Gasteiger partial charge >= 0.3 is 0 Å². The molecule has 1 aromatic carbocycles. The zero-order valence-electron chi connectivity index (χ0n) is 12.3. The van der Waals surface area contributed by atoms with Gasteiger partial charge in [0.05, 0.1) is 6.21 Å². The van der Waals surface area contributed by atoms with Gasteiger partial charge < -0.3 is 5.32 Å². The molecule has 0 radical (unpaired) electrons. The van der Waals surface area contributed by atoms with E-state index in [1.165, 1.54) is 13.1 Å². The van der Waals surface area contributed by atoms with E-state index in [0.717, 1.165) is 11.3 Å². The molecule has 0 aliphatic heterocycles. The number of rotatable bonds is 4. The first-order chi connectivity index (χ1) is 10.5. The van der Waals surface area contributed by atoms with Crippen LogP contribution in [-0.4, -0.2) is 23.0 Å². The molecule has 6 heteroatoms. The zero-order valence-corrected chi connectivity index (χ0v) is 12.3. The maximum Gasteiger partial charge on any atom is 0.271 e. The van der Waals surface area contributed by atoms with E-state index in [0.29, 0.717) is 11.3 Å². The average Bonchev–Trinajstić information content (AvgIpc) is 2.48. The van der Waals surface area contributed by atoms with Gasteiger partial charge in [-0.2, -0.15) is 5.10 Å². The average molecular weight is 296 g/mol. The Morgan fingerprint density at radius 3 is 2.55 bits per heavy atom. The first-order valence-electron chi connectivity index (χ1n) is 6.68. The Morgan fingerprint density at radius 1 is 1.18 bits per heavy atom. The van der Waals surface area contributed by atoms with Crippen LogP contribution in [0.25, 0.3) is 0 Å². The summed E-state index contributed by atoms with van der Waals surface area (Å²) in [4.78, 5) is 26.8. The maximum absolute atomic E-state index is 11.9. The minimum absolute atomic E-state index is 0.124. The topological polar surface area (TPSA) is 83.5 Å². The van der Waals surface area contributed by atoms with E-state index < -0.39 is 0 Å². The summed E-state index contributed by atoms with van der Waals surface area (Å²) in [5, 5.41) is 6.58. The SMILES string of the molecule is CC(=O)Nc1ccc(/C=N\NC(=O)c2ccnc(C)c2)cc1. The van der Waals surface area contributed by atoms with Crippen molar-refractivity contribution in [3.8, 4) is 0 Å². The van der Waals surface area contributed by atoms with Crippen molar-refractivity contribution in [1.82, 2.24) is 10.4 Å². The molecule has 0 aliphatic rings. The number of anilines is 1.